The second-order valence-corrected chi connectivity index (χ2v) is 6.35. The van der Waals surface area contributed by atoms with Gasteiger partial charge in [0.05, 0.1) is 30.5 Å². The Balaban J connectivity index is 1.80. The number of ether oxygens (including phenoxy) is 2. The number of carbonyl (C=O) groups is 2. The Morgan fingerprint density at radius 3 is 2.54 bits per heavy atom. The topological polar surface area (TPSA) is 89.0 Å². The number of methoxy groups -OCH3 is 2. The summed E-state index contributed by atoms with van der Waals surface area (Å²) in [5.74, 6) is 0.512. The van der Waals surface area contributed by atoms with Crippen molar-refractivity contribution < 1.29 is 19.1 Å². The average molecular weight is 424 g/mol. The van der Waals surface area contributed by atoms with E-state index in [1.807, 2.05) is 0 Å². The Kier molecular flexibility index (Phi) is 8.10. The average Bonchev–Trinajstić information content (AvgIpc) is 2.70. The van der Waals surface area contributed by atoms with Gasteiger partial charge in [0.15, 0.2) is 0 Å². The van der Waals surface area contributed by atoms with Gasteiger partial charge < -0.3 is 14.8 Å². The Labute approximate surface area is 172 Å². The highest BCUT2D eigenvalue weighted by atomic mass is 35.5. The Bertz CT molecular complexity index is 887. The second kappa shape index (κ2) is 10.5. The van der Waals surface area contributed by atoms with E-state index in [0.717, 1.165) is 0 Å². The van der Waals surface area contributed by atoms with Gasteiger partial charge in [-0.1, -0.05) is 23.2 Å². The molecular weight excluding hydrogens is 405 g/mol. The van der Waals surface area contributed by atoms with E-state index < -0.39 is 0 Å². The SMILES string of the molecule is COc1ccc(C=NNC(=O)CCNC(=O)c2ccc(Cl)c(Cl)c2)c(OC)c1. The van der Waals surface area contributed by atoms with Crippen LogP contribution in [0.4, 0.5) is 0 Å². The molecule has 7 nitrogen and oxygen atoms in total. The van der Waals surface area contributed by atoms with Gasteiger partial charge in [-0.05, 0) is 30.3 Å². The summed E-state index contributed by atoms with van der Waals surface area (Å²) in [6.45, 7) is 0.145. The fourth-order valence-corrected chi connectivity index (χ4v) is 2.48. The first-order chi connectivity index (χ1) is 13.4. The molecule has 0 aliphatic heterocycles. The number of benzene rings is 2. The van der Waals surface area contributed by atoms with Crippen LogP contribution >= 0.6 is 23.2 Å². The third-order valence-electron chi connectivity index (χ3n) is 3.65. The fourth-order valence-electron chi connectivity index (χ4n) is 2.18. The molecule has 2 rings (SSSR count). The fraction of sp³-hybridized carbons (Fsp3) is 0.211. The van der Waals surface area contributed by atoms with Crippen molar-refractivity contribution in [2.75, 3.05) is 20.8 Å². The molecule has 0 spiro atoms. The molecule has 2 aromatic rings. The van der Waals surface area contributed by atoms with Crippen LogP contribution in [0.2, 0.25) is 10.0 Å². The molecule has 0 aromatic heterocycles. The number of nitrogens with zero attached hydrogens (tertiary/aromatic N) is 1. The van der Waals surface area contributed by atoms with Crippen LogP contribution in [0.5, 0.6) is 11.5 Å². The van der Waals surface area contributed by atoms with E-state index >= 15 is 0 Å². The second-order valence-electron chi connectivity index (χ2n) is 5.54. The first kappa shape index (κ1) is 21.5. The maximum Gasteiger partial charge on any atom is 0.251 e. The summed E-state index contributed by atoms with van der Waals surface area (Å²) in [7, 11) is 3.09. The summed E-state index contributed by atoms with van der Waals surface area (Å²) in [6, 6.07) is 9.77. The Hall–Kier alpha value is -2.77. The van der Waals surface area contributed by atoms with Crippen molar-refractivity contribution >= 4 is 41.2 Å². The molecule has 0 fully saturated rings. The molecule has 148 valence electrons. The smallest absolute Gasteiger partial charge is 0.251 e. The maximum absolute atomic E-state index is 12.0. The number of halogens is 2. The van der Waals surface area contributed by atoms with Crippen LogP contribution in [0.25, 0.3) is 0 Å². The van der Waals surface area contributed by atoms with E-state index in [1.54, 1.807) is 31.4 Å². The summed E-state index contributed by atoms with van der Waals surface area (Å²) in [4.78, 5) is 23.9. The number of amides is 2. The number of carbonyl (C=O) groups excluding carboxylic acids is 2. The summed E-state index contributed by atoms with van der Waals surface area (Å²) in [5.41, 5.74) is 3.43. The molecule has 2 N–H and O–H groups in total. The van der Waals surface area contributed by atoms with Crippen molar-refractivity contribution in [2.45, 2.75) is 6.42 Å². The first-order valence-corrected chi connectivity index (χ1v) is 8.97. The highest BCUT2D eigenvalue weighted by Crippen LogP contribution is 2.23. The summed E-state index contributed by atoms with van der Waals surface area (Å²) < 4.78 is 10.4. The van der Waals surface area contributed by atoms with E-state index in [2.05, 4.69) is 15.8 Å². The van der Waals surface area contributed by atoms with Gasteiger partial charge in [-0.2, -0.15) is 5.10 Å². The molecule has 28 heavy (non-hydrogen) atoms. The standard InChI is InChI=1S/C19H19Cl2N3O4/c1-27-14-5-3-13(17(10-14)28-2)11-23-24-18(25)7-8-22-19(26)12-4-6-15(20)16(21)9-12/h3-6,9-11H,7-8H2,1-2H3,(H,22,26)(H,24,25). The van der Waals surface area contributed by atoms with E-state index in [1.165, 1.54) is 25.5 Å². The Morgan fingerprint density at radius 2 is 1.86 bits per heavy atom. The molecule has 2 amide bonds. The van der Waals surface area contributed by atoms with Crippen molar-refractivity contribution in [1.82, 2.24) is 10.7 Å². The minimum Gasteiger partial charge on any atom is -0.497 e. The zero-order valence-corrected chi connectivity index (χ0v) is 16.8. The number of hydrogen-bond donors (Lipinski definition) is 2. The van der Waals surface area contributed by atoms with Gasteiger partial charge in [-0.25, -0.2) is 5.43 Å². The Morgan fingerprint density at radius 1 is 1.07 bits per heavy atom. The summed E-state index contributed by atoms with van der Waals surface area (Å²) >= 11 is 11.7. The molecule has 9 heteroatoms. The zero-order chi connectivity index (χ0) is 20.5. The van der Waals surface area contributed by atoms with Crippen LogP contribution in [-0.2, 0) is 4.79 Å². The van der Waals surface area contributed by atoms with Crippen LogP contribution in [0.15, 0.2) is 41.5 Å². The molecule has 0 unspecified atom stereocenters. The van der Waals surface area contributed by atoms with Gasteiger partial charge in [-0.15, -0.1) is 0 Å². The number of hydrogen-bond acceptors (Lipinski definition) is 5. The highest BCUT2D eigenvalue weighted by molar-refractivity contribution is 6.42. The van der Waals surface area contributed by atoms with Crippen molar-refractivity contribution in [1.29, 1.82) is 0 Å². The predicted molar refractivity (Wildman–Crippen MR) is 109 cm³/mol. The number of nitrogens with one attached hydrogen (secondary N) is 2. The predicted octanol–water partition coefficient (Wildman–Crippen LogP) is 3.28. The molecule has 0 bridgehead atoms. The van der Waals surface area contributed by atoms with E-state index in [9.17, 15) is 9.59 Å². The van der Waals surface area contributed by atoms with Crippen molar-refractivity contribution in [3.8, 4) is 11.5 Å². The molecule has 0 aliphatic carbocycles. The third kappa shape index (κ3) is 6.14. The van der Waals surface area contributed by atoms with Crippen molar-refractivity contribution in [3.05, 3.63) is 57.6 Å². The van der Waals surface area contributed by atoms with Crippen LogP contribution in [0, 0.1) is 0 Å². The van der Waals surface area contributed by atoms with Crippen LogP contribution in [-0.4, -0.2) is 38.8 Å². The van der Waals surface area contributed by atoms with Crippen LogP contribution in [0.3, 0.4) is 0 Å². The van der Waals surface area contributed by atoms with E-state index in [-0.39, 0.29) is 29.8 Å². The highest BCUT2D eigenvalue weighted by Gasteiger charge is 2.09. The van der Waals surface area contributed by atoms with Crippen molar-refractivity contribution in [3.63, 3.8) is 0 Å². The van der Waals surface area contributed by atoms with Gasteiger partial charge >= 0.3 is 0 Å². The lowest BCUT2D eigenvalue weighted by Crippen LogP contribution is -2.29. The van der Waals surface area contributed by atoms with E-state index in [4.69, 9.17) is 32.7 Å². The van der Waals surface area contributed by atoms with E-state index in [0.29, 0.717) is 27.6 Å². The normalized spacial score (nSPS) is 10.6. The molecule has 0 heterocycles. The molecule has 0 saturated heterocycles. The molecule has 0 atom stereocenters. The van der Waals surface area contributed by atoms with Gasteiger partial charge in [0.2, 0.25) is 5.91 Å². The monoisotopic (exact) mass is 423 g/mol. The minimum absolute atomic E-state index is 0.0597. The summed E-state index contributed by atoms with van der Waals surface area (Å²) in [5, 5.41) is 7.17. The van der Waals surface area contributed by atoms with Gasteiger partial charge in [0, 0.05) is 30.2 Å². The molecule has 0 aliphatic rings. The van der Waals surface area contributed by atoms with Gasteiger partial charge in [0.25, 0.3) is 5.91 Å². The lowest BCUT2D eigenvalue weighted by atomic mass is 10.2. The first-order valence-electron chi connectivity index (χ1n) is 8.21. The lowest BCUT2D eigenvalue weighted by molar-refractivity contribution is -0.120. The quantitative estimate of drug-likeness (QED) is 0.503. The lowest BCUT2D eigenvalue weighted by Gasteiger charge is -2.07. The maximum atomic E-state index is 12.0. The van der Waals surface area contributed by atoms with Crippen LogP contribution < -0.4 is 20.2 Å². The molecule has 0 radical (unpaired) electrons. The number of rotatable bonds is 8. The molecule has 2 aromatic carbocycles. The minimum atomic E-state index is -0.349. The van der Waals surface area contributed by atoms with Gasteiger partial charge in [0.1, 0.15) is 11.5 Å². The largest absolute Gasteiger partial charge is 0.497 e. The van der Waals surface area contributed by atoms with Crippen molar-refractivity contribution in [2.24, 2.45) is 5.10 Å². The number of hydrazone groups is 1. The van der Waals surface area contributed by atoms with Crippen LogP contribution in [0.1, 0.15) is 22.3 Å². The third-order valence-corrected chi connectivity index (χ3v) is 4.39. The summed E-state index contributed by atoms with van der Waals surface area (Å²) in [6.07, 6.45) is 1.52. The molecular formula is C19H19Cl2N3O4. The van der Waals surface area contributed by atoms with Gasteiger partial charge in [-0.3, -0.25) is 9.59 Å². The molecule has 0 saturated carbocycles. The zero-order valence-electron chi connectivity index (χ0n) is 15.3.